The summed E-state index contributed by atoms with van der Waals surface area (Å²) >= 11 is 6.29. The van der Waals surface area contributed by atoms with Crippen molar-refractivity contribution in [3.63, 3.8) is 0 Å². The number of ether oxygens (including phenoxy) is 3. The Balaban J connectivity index is 0.00000588. The number of nitrogens with one attached hydrogen (secondary N) is 3. The first-order valence-corrected chi connectivity index (χ1v) is 13.4. The summed E-state index contributed by atoms with van der Waals surface area (Å²) in [6.07, 6.45) is 0.807. The average molecular weight is 609 g/mol. The van der Waals surface area contributed by atoms with E-state index in [4.69, 9.17) is 25.8 Å². The minimum atomic E-state index is -0.991. The first kappa shape index (κ1) is 33.6. The van der Waals surface area contributed by atoms with Gasteiger partial charge in [-0.2, -0.15) is 10.4 Å². The summed E-state index contributed by atoms with van der Waals surface area (Å²) in [6.45, 7) is 5.05. The van der Waals surface area contributed by atoms with Crippen molar-refractivity contribution in [2.45, 2.75) is 51.9 Å². The minimum absolute atomic E-state index is 0. The first-order valence-electron chi connectivity index (χ1n) is 13.0. The van der Waals surface area contributed by atoms with Gasteiger partial charge in [-0.25, -0.2) is 5.43 Å². The number of amides is 2. The van der Waals surface area contributed by atoms with Crippen LogP contribution in [0.3, 0.4) is 0 Å². The lowest BCUT2D eigenvalue weighted by Crippen LogP contribution is -2.30. The molecule has 3 rings (SSSR count). The Morgan fingerprint density at radius 1 is 1.17 bits per heavy atom. The predicted molar refractivity (Wildman–Crippen MR) is 157 cm³/mol. The standard InChI is InChI=1S/C28H34ClN5O6.ClH/c1-18(2)31-12-10-28(37)40-21-5-8-24(20(14-21)16-30)38-13-3-11-32-27(36)17-39-25-7-4-19(15-22(25)29)23-6-9-26(35)34-33-23;/h4-5,7-8,14-15,18,28,31,37H,3,6,9-13,17H2,1-2H3,(H,32,36)(H,34,35);1H. The van der Waals surface area contributed by atoms with E-state index in [1.54, 1.807) is 30.3 Å². The summed E-state index contributed by atoms with van der Waals surface area (Å²) in [7, 11) is 0. The van der Waals surface area contributed by atoms with Gasteiger partial charge in [-0.05, 0) is 42.3 Å². The molecule has 0 aliphatic carbocycles. The lowest BCUT2D eigenvalue weighted by atomic mass is 10.0. The van der Waals surface area contributed by atoms with Gasteiger partial charge in [0.2, 0.25) is 5.91 Å². The van der Waals surface area contributed by atoms with Crippen LogP contribution in [0.1, 0.15) is 50.7 Å². The molecule has 2 aromatic carbocycles. The first-order chi connectivity index (χ1) is 19.2. The van der Waals surface area contributed by atoms with Gasteiger partial charge in [-0.3, -0.25) is 9.59 Å². The molecule has 222 valence electrons. The summed E-state index contributed by atoms with van der Waals surface area (Å²) in [6, 6.07) is 12.3. The molecular formula is C28H35Cl2N5O6. The summed E-state index contributed by atoms with van der Waals surface area (Å²) in [5.41, 5.74) is 4.23. The second-order valence-electron chi connectivity index (χ2n) is 9.32. The average Bonchev–Trinajstić information content (AvgIpc) is 2.93. The van der Waals surface area contributed by atoms with Crippen molar-refractivity contribution in [1.29, 1.82) is 5.26 Å². The van der Waals surface area contributed by atoms with Gasteiger partial charge in [0.15, 0.2) is 12.9 Å². The number of carbonyl (C=O) groups is 2. The molecule has 2 amide bonds. The van der Waals surface area contributed by atoms with Gasteiger partial charge in [-0.1, -0.05) is 25.4 Å². The number of nitrogens with zero attached hydrogens (tertiary/aromatic N) is 2. The molecule has 1 aliphatic rings. The van der Waals surface area contributed by atoms with Crippen molar-refractivity contribution in [2.24, 2.45) is 5.10 Å². The Kier molecular flexibility index (Phi) is 14.2. The Bertz CT molecular complexity index is 1250. The third kappa shape index (κ3) is 11.4. The number of hydrazone groups is 1. The van der Waals surface area contributed by atoms with E-state index in [1.165, 1.54) is 6.07 Å². The van der Waals surface area contributed by atoms with Crippen molar-refractivity contribution in [2.75, 3.05) is 26.3 Å². The highest BCUT2D eigenvalue weighted by atomic mass is 35.5. The third-order valence-corrected chi connectivity index (χ3v) is 6.01. The Hall–Kier alpha value is -3.56. The molecule has 11 nitrogen and oxygen atoms in total. The van der Waals surface area contributed by atoms with Crippen LogP contribution in [0.5, 0.6) is 17.2 Å². The van der Waals surface area contributed by atoms with Gasteiger partial charge in [0.1, 0.15) is 23.3 Å². The van der Waals surface area contributed by atoms with Crippen LogP contribution < -0.4 is 30.3 Å². The SMILES string of the molecule is CC(C)NCCC(O)Oc1ccc(OCCCNC(=O)COc2ccc(C3=NNC(=O)CC3)cc2Cl)c(C#N)c1.Cl. The van der Waals surface area contributed by atoms with E-state index >= 15 is 0 Å². The molecule has 41 heavy (non-hydrogen) atoms. The number of benzene rings is 2. The van der Waals surface area contributed by atoms with Gasteiger partial charge < -0.3 is 30.0 Å². The molecule has 0 aromatic heterocycles. The normalized spacial score (nSPS) is 13.3. The topological polar surface area (TPSA) is 154 Å². The lowest BCUT2D eigenvalue weighted by molar-refractivity contribution is -0.123. The van der Waals surface area contributed by atoms with E-state index in [2.05, 4.69) is 27.2 Å². The summed E-state index contributed by atoms with van der Waals surface area (Å²) in [5.74, 6) is 0.683. The van der Waals surface area contributed by atoms with E-state index in [0.29, 0.717) is 67.1 Å². The van der Waals surface area contributed by atoms with Crippen LogP contribution in [0.4, 0.5) is 0 Å². The second-order valence-corrected chi connectivity index (χ2v) is 9.73. The van der Waals surface area contributed by atoms with Crippen LogP contribution in [0.15, 0.2) is 41.5 Å². The van der Waals surface area contributed by atoms with Crippen molar-refractivity contribution < 1.29 is 28.9 Å². The molecule has 13 heteroatoms. The molecule has 1 heterocycles. The van der Waals surface area contributed by atoms with Crippen molar-refractivity contribution in [1.82, 2.24) is 16.1 Å². The summed E-state index contributed by atoms with van der Waals surface area (Å²) in [4.78, 5) is 23.4. The van der Waals surface area contributed by atoms with Crippen LogP contribution in [-0.4, -0.2) is 61.3 Å². The Morgan fingerprint density at radius 2 is 1.95 bits per heavy atom. The number of hydrogen-bond acceptors (Lipinski definition) is 9. The number of hydrogen-bond donors (Lipinski definition) is 4. The number of aliphatic hydroxyl groups excluding tert-OH is 1. The molecule has 0 bridgehead atoms. The Labute approximate surface area is 250 Å². The molecule has 0 spiro atoms. The highest BCUT2D eigenvalue weighted by Crippen LogP contribution is 2.27. The van der Waals surface area contributed by atoms with Crippen LogP contribution in [0, 0.1) is 11.3 Å². The molecule has 0 fully saturated rings. The maximum atomic E-state index is 12.2. The second kappa shape index (κ2) is 17.3. The van der Waals surface area contributed by atoms with Gasteiger partial charge in [0.25, 0.3) is 5.91 Å². The zero-order chi connectivity index (χ0) is 28.9. The zero-order valence-corrected chi connectivity index (χ0v) is 24.5. The van der Waals surface area contributed by atoms with E-state index < -0.39 is 6.29 Å². The molecular weight excluding hydrogens is 573 g/mol. The molecule has 1 aliphatic heterocycles. The van der Waals surface area contributed by atoms with Gasteiger partial charge in [0.05, 0.1) is 22.9 Å². The van der Waals surface area contributed by atoms with E-state index in [0.717, 1.165) is 11.3 Å². The van der Waals surface area contributed by atoms with E-state index in [1.807, 2.05) is 13.8 Å². The quantitative estimate of drug-likeness (QED) is 0.178. The Morgan fingerprint density at radius 3 is 2.63 bits per heavy atom. The number of nitriles is 1. The van der Waals surface area contributed by atoms with E-state index in [-0.39, 0.29) is 43.0 Å². The van der Waals surface area contributed by atoms with Crippen LogP contribution in [0.25, 0.3) is 0 Å². The minimum Gasteiger partial charge on any atom is -0.492 e. The number of halogens is 2. The molecule has 2 aromatic rings. The fraction of sp³-hybridized carbons (Fsp3) is 0.429. The van der Waals surface area contributed by atoms with Crippen LogP contribution in [0.2, 0.25) is 5.02 Å². The van der Waals surface area contributed by atoms with Crippen molar-refractivity contribution in [3.8, 4) is 23.3 Å². The molecule has 0 saturated heterocycles. The summed E-state index contributed by atoms with van der Waals surface area (Å²) in [5, 5.41) is 29.8. The van der Waals surface area contributed by atoms with Crippen molar-refractivity contribution >= 4 is 41.5 Å². The third-order valence-electron chi connectivity index (χ3n) is 5.72. The highest BCUT2D eigenvalue weighted by Gasteiger charge is 2.15. The summed E-state index contributed by atoms with van der Waals surface area (Å²) < 4.78 is 16.7. The molecule has 1 atom stereocenters. The fourth-order valence-electron chi connectivity index (χ4n) is 3.66. The molecule has 0 saturated carbocycles. The number of rotatable bonds is 15. The highest BCUT2D eigenvalue weighted by molar-refractivity contribution is 6.32. The maximum Gasteiger partial charge on any atom is 0.257 e. The van der Waals surface area contributed by atoms with Gasteiger partial charge in [0, 0.05) is 44.5 Å². The predicted octanol–water partition coefficient (Wildman–Crippen LogP) is 3.30. The smallest absolute Gasteiger partial charge is 0.257 e. The van der Waals surface area contributed by atoms with Gasteiger partial charge >= 0.3 is 0 Å². The van der Waals surface area contributed by atoms with Gasteiger partial charge in [-0.15, -0.1) is 12.4 Å². The molecule has 0 radical (unpaired) electrons. The molecule has 1 unspecified atom stereocenters. The van der Waals surface area contributed by atoms with Crippen LogP contribution in [-0.2, 0) is 9.59 Å². The monoisotopic (exact) mass is 607 g/mol. The maximum absolute atomic E-state index is 12.2. The molecule has 4 N–H and O–H groups in total. The van der Waals surface area contributed by atoms with Crippen molar-refractivity contribution in [3.05, 3.63) is 52.5 Å². The largest absolute Gasteiger partial charge is 0.492 e. The van der Waals surface area contributed by atoms with Crippen LogP contribution >= 0.6 is 24.0 Å². The lowest BCUT2D eigenvalue weighted by Gasteiger charge is -2.16. The van der Waals surface area contributed by atoms with E-state index in [9.17, 15) is 20.0 Å². The number of aliphatic hydroxyl groups is 1. The zero-order valence-electron chi connectivity index (χ0n) is 22.9. The number of carbonyl (C=O) groups excluding carboxylic acids is 2. The fourth-order valence-corrected chi connectivity index (χ4v) is 3.90.